The molecule has 0 spiro atoms. The second kappa shape index (κ2) is 7.84. The highest BCUT2D eigenvalue weighted by molar-refractivity contribution is 5.84. The fourth-order valence-corrected chi connectivity index (χ4v) is 2.74. The lowest BCUT2D eigenvalue weighted by molar-refractivity contribution is 0.790. The summed E-state index contributed by atoms with van der Waals surface area (Å²) in [4.78, 5) is 13.2. The van der Waals surface area contributed by atoms with E-state index in [9.17, 15) is 10.1 Å². The van der Waals surface area contributed by atoms with E-state index in [0.717, 1.165) is 16.8 Å². The van der Waals surface area contributed by atoms with Crippen molar-refractivity contribution in [2.24, 2.45) is 11.0 Å². The van der Waals surface area contributed by atoms with Gasteiger partial charge in [-0.3, -0.25) is 4.79 Å². The van der Waals surface area contributed by atoms with Crippen LogP contribution < -0.4 is 5.56 Å². The molecule has 0 aliphatic rings. The first-order chi connectivity index (χ1) is 13.0. The Hall–Kier alpha value is -3.45. The lowest BCUT2D eigenvalue weighted by atomic mass is 9.99. The van der Waals surface area contributed by atoms with Crippen LogP contribution in [0.3, 0.4) is 0 Å². The largest absolute Gasteiger partial charge is 0.290 e. The summed E-state index contributed by atoms with van der Waals surface area (Å²) in [6, 6.07) is 23.1. The number of aromatic nitrogens is 1. The molecule has 4 nitrogen and oxygen atoms in total. The summed E-state index contributed by atoms with van der Waals surface area (Å²) in [6.07, 6.45) is 0. The average Bonchev–Trinajstić information content (AvgIpc) is 2.70. The molecule has 0 aliphatic carbocycles. The second-order valence-electron chi connectivity index (χ2n) is 6.68. The molecule has 3 aromatic rings. The molecular formula is C23H21N3O. The molecule has 134 valence electrons. The summed E-state index contributed by atoms with van der Waals surface area (Å²) < 4.78 is 1.36. The first kappa shape index (κ1) is 18.3. The molecule has 0 unspecified atom stereocenters. The summed E-state index contributed by atoms with van der Waals surface area (Å²) in [6.45, 7) is 5.94. The van der Waals surface area contributed by atoms with Crippen molar-refractivity contribution in [3.05, 3.63) is 82.6 Å². The van der Waals surface area contributed by atoms with Gasteiger partial charge in [-0.2, -0.15) is 15.0 Å². The van der Waals surface area contributed by atoms with E-state index in [4.69, 9.17) is 0 Å². The highest BCUT2D eigenvalue weighted by Gasteiger charge is 2.17. The molecule has 2 aromatic carbocycles. The van der Waals surface area contributed by atoms with E-state index in [1.54, 1.807) is 0 Å². The normalized spacial score (nSPS) is 11.4. The van der Waals surface area contributed by atoms with Crippen LogP contribution in [0.5, 0.6) is 0 Å². The van der Waals surface area contributed by atoms with E-state index < -0.39 is 5.56 Å². The zero-order valence-electron chi connectivity index (χ0n) is 15.7. The van der Waals surface area contributed by atoms with Crippen molar-refractivity contribution in [1.82, 2.24) is 4.68 Å². The maximum Gasteiger partial charge on any atom is 0.290 e. The fraction of sp³-hybridized carbons (Fsp3) is 0.174. The van der Waals surface area contributed by atoms with E-state index in [1.807, 2.05) is 87.5 Å². The molecule has 0 saturated carbocycles. The van der Waals surface area contributed by atoms with E-state index in [2.05, 4.69) is 11.2 Å². The third-order valence-corrected chi connectivity index (χ3v) is 4.54. The predicted octanol–water partition coefficient (Wildman–Crippen LogP) is 4.93. The van der Waals surface area contributed by atoms with Crippen molar-refractivity contribution in [1.29, 1.82) is 5.26 Å². The minimum absolute atomic E-state index is 0.0983. The van der Waals surface area contributed by atoms with Gasteiger partial charge in [0, 0.05) is 16.8 Å². The molecule has 0 radical (unpaired) electrons. The van der Waals surface area contributed by atoms with Crippen LogP contribution in [0.2, 0.25) is 0 Å². The first-order valence-corrected chi connectivity index (χ1v) is 8.89. The van der Waals surface area contributed by atoms with Gasteiger partial charge in [0.25, 0.3) is 5.56 Å². The summed E-state index contributed by atoms with van der Waals surface area (Å²) in [5, 5.41) is 14.2. The van der Waals surface area contributed by atoms with Gasteiger partial charge in [-0.05, 0) is 24.5 Å². The standard InChI is InChI=1S/C23H21N3O/c1-16(2)17(3)25-26-22(19-12-8-5-9-13-19)14-20(21(15-24)23(26)27)18-10-6-4-7-11-18/h4-14,16H,1-3H3. The molecule has 27 heavy (non-hydrogen) atoms. The Morgan fingerprint density at radius 1 is 1.00 bits per heavy atom. The quantitative estimate of drug-likeness (QED) is 0.623. The van der Waals surface area contributed by atoms with Crippen LogP contribution in [-0.4, -0.2) is 10.4 Å². The average molecular weight is 355 g/mol. The van der Waals surface area contributed by atoms with E-state index in [1.165, 1.54) is 4.68 Å². The zero-order valence-corrected chi connectivity index (χ0v) is 15.7. The Balaban J connectivity index is 2.39. The van der Waals surface area contributed by atoms with Crippen molar-refractivity contribution < 1.29 is 0 Å². The third kappa shape index (κ3) is 3.73. The van der Waals surface area contributed by atoms with Crippen molar-refractivity contribution in [2.75, 3.05) is 0 Å². The molecule has 1 aromatic heterocycles. The number of nitriles is 1. The van der Waals surface area contributed by atoms with Gasteiger partial charge in [0.2, 0.25) is 0 Å². The van der Waals surface area contributed by atoms with Gasteiger partial charge in [0.1, 0.15) is 11.6 Å². The molecule has 4 heteroatoms. The van der Waals surface area contributed by atoms with E-state index in [0.29, 0.717) is 11.3 Å². The Bertz CT molecular complexity index is 1070. The van der Waals surface area contributed by atoms with E-state index >= 15 is 0 Å². The van der Waals surface area contributed by atoms with Crippen molar-refractivity contribution >= 4 is 5.71 Å². The van der Waals surface area contributed by atoms with Crippen molar-refractivity contribution in [3.63, 3.8) is 0 Å². The number of pyridine rings is 1. The van der Waals surface area contributed by atoms with Gasteiger partial charge < -0.3 is 0 Å². The Kier molecular flexibility index (Phi) is 5.33. The van der Waals surface area contributed by atoms with Crippen LogP contribution in [0.25, 0.3) is 22.4 Å². The molecule has 3 rings (SSSR count). The van der Waals surface area contributed by atoms with Crippen LogP contribution in [-0.2, 0) is 0 Å². The molecule has 0 atom stereocenters. The molecular weight excluding hydrogens is 334 g/mol. The minimum atomic E-state index is -0.405. The minimum Gasteiger partial charge on any atom is -0.266 e. The number of hydrogen-bond donors (Lipinski definition) is 0. The maximum atomic E-state index is 13.2. The van der Waals surface area contributed by atoms with Gasteiger partial charge in [0.15, 0.2) is 0 Å². The van der Waals surface area contributed by atoms with Crippen LogP contribution in [0.4, 0.5) is 0 Å². The lowest BCUT2D eigenvalue weighted by Crippen LogP contribution is -2.24. The molecule has 1 heterocycles. The fourth-order valence-electron chi connectivity index (χ4n) is 2.74. The van der Waals surface area contributed by atoms with Crippen LogP contribution in [0.15, 0.2) is 76.6 Å². The molecule has 0 fully saturated rings. The molecule has 0 aliphatic heterocycles. The van der Waals surface area contributed by atoms with Gasteiger partial charge >= 0.3 is 0 Å². The number of nitrogens with zero attached hydrogens (tertiary/aromatic N) is 3. The Morgan fingerprint density at radius 2 is 1.56 bits per heavy atom. The smallest absolute Gasteiger partial charge is 0.266 e. The summed E-state index contributed by atoms with van der Waals surface area (Å²) in [5.41, 5.74) is 3.51. The van der Waals surface area contributed by atoms with Crippen LogP contribution >= 0.6 is 0 Å². The topological polar surface area (TPSA) is 58.1 Å². The SMILES string of the molecule is CC(=Nn1c(-c2ccccc2)cc(-c2ccccc2)c(C#N)c1=O)C(C)C. The highest BCUT2D eigenvalue weighted by Crippen LogP contribution is 2.27. The first-order valence-electron chi connectivity index (χ1n) is 8.89. The molecule has 0 amide bonds. The zero-order chi connectivity index (χ0) is 19.4. The van der Waals surface area contributed by atoms with Crippen molar-refractivity contribution in [3.8, 4) is 28.5 Å². The summed E-state index contributed by atoms with van der Waals surface area (Å²) >= 11 is 0. The van der Waals surface area contributed by atoms with Crippen molar-refractivity contribution in [2.45, 2.75) is 20.8 Å². The third-order valence-electron chi connectivity index (χ3n) is 4.54. The van der Waals surface area contributed by atoms with Gasteiger partial charge in [-0.1, -0.05) is 74.5 Å². The van der Waals surface area contributed by atoms with E-state index in [-0.39, 0.29) is 11.5 Å². The number of hydrogen-bond acceptors (Lipinski definition) is 3. The van der Waals surface area contributed by atoms with Crippen LogP contribution in [0, 0.1) is 17.2 Å². The molecule has 0 bridgehead atoms. The monoisotopic (exact) mass is 355 g/mol. The molecule has 0 N–H and O–H groups in total. The maximum absolute atomic E-state index is 13.2. The Labute approximate surface area is 159 Å². The number of benzene rings is 2. The highest BCUT2D eigenvalue weighted by atomic mass is 16.1. The van der Waals surface area contributed by atoms with Gasteiger partial charge in [0.05, 0.1) is 5.69 Å². The summed E-state index contributed by atoms with van der Waals surface area (Å²) in [5.74, 6) is 0.194. The molecule has 0 saturated heterocycles. The van der Waals surface area contributed by atoms with Gasteiger partial charge in [-0.25, -0.2) is 0 Å². The Morgan fingerprint density at radius 3 is 2.07 bits per heavy atom. The van der Waals surface area contributed by atoms with Gasteiger partial charge in [-0.15, -0.1) is 0 Å². The lowest BCUT2D eigenvalue weighted by Gasteiger charge is -2.14. The summed E-state index contributed by atoms with van der Waals surface area (Å²) in [7, 11) is 0. The number of rotatable bonds is 4. The van der Waals surface area contributed by atoms with Crippen LogP contribution in [0.1, 0.15) is 26.3 Å². The second-order valence-corrected chi connectivity index (χ2v) is 6.68. The predicted molar refractivity (Wildman–Crippen MR) is 110 cm³/mol.